The third kappa shape index (κ3) is 2.69. The van der Waals surface area contributed by atoms with E-state index in [1.165, 1.54) is 12.8 Å². The van der Waals surface area contributed by atoms with Crippen LogP contribution < -0.4 is 10.6 Å². The summed E-state index contributed by atoms with van der Waals surface area (Å²) in [4.78, 5) is 14.1. The number of nitrogens with one attached hydrogen (secondary N) is 2. The molecule has 2 N–H and O–H groups in total. The predicted octanol–water partition coefficient (Wildman–Crippen LogP) is -0.0512. The Kier molecular flexibility index (Phi) is 3.59. The van der Waals surface area contributed by atoms with Crippen LogP contribution in [0.2, 0.25) is 0 Å². The molecule has 4 nitrogen and oxygen atoms in total. The zero-order valence-electron chi connectivity index (χ0n) is 9.46. The molecule has 0 bridgehead atoms. The molecule has 1 amide bonds. The van der Waals surface area contributed by atoms with Crippen molar-refractivity contribution in [3.8, 4) is 0 Å². The summed E-state index contributed by atoms with van der Waals surface area (Å²) in [6.45, 7) is 5.78. The highest BCUT2D eigenvalue weighted by atomic mass is 16.2. The number of piperazine rings is 1. The fourth-order valence-corrected chi connectivity index (χ4v) is 2.42. The normalized spacial score (nSPS) is 32.7. The molecule has 0 saturated carbocycles. The summed E-state index contributed by atoms with van der Waals surface area (Å²) >= 11 is 0. The second-order valence-electron chi connectivity index (χ2n) is 4.64. The summed E-state index contributed by atoms with van der Waals surface area (Å²) < 4.78 is 0. The number of carbonyl (C=O) groups excluding carboxylic acids is 1. The molecule has 0 spiro atoms. The van der Waals surface area contributed by atoms with Crippen molar-refractivity contribution in [2.24, 2.45) is 0 Å². The first-order chi connectivity index (χ1) is 7.27. The van der Waals surface area contributed by atoms with E-state index in [0.29, 0.717) is 11.9 Å². The summed E-state index contributed by atoms with van der Waals surface area (Å²) in [6.07, 6.45) is 3.41. The Morgan fingerprint density at radius 2 is 2.13 bits per heavy atom. The van der Waals surface area contributed by atoms with Gasteiger partial charge in [-0.25, -0.2) is 0 Å². The first-order valence-corrected chi connectivity index (χ1v) is 6.03. The lowest BCUT2D eigenvalue weighted by atomic mass is 10.0. The maximum Gasteiger partial charge on any atom is 0.239 e. The molecule has 86 valence electrons. The van der Waals surface area contributed by atoms with Crippen molar-refractivity contribution in [3.63, 3.8) is 0 Å². The molecule has 15 heavy (non-hydrogen) atoms. The monoisotopic (exact) mass is 211 g/mol. The second-order valence-corrected chi connectivity index (χ2v) is 4.64. The fourth-order valence-electron chi connectivity index (χ4n) is 2.42. The van der Waals surface area contributed by atoms with Crippen LogP contribution in [0.1, 0.15) is 26.2 Å². The van der Waals surface area contributed by atoms with Crippen LogP contribution in [0.4, 0.5) is 0 Å². The lowest BCUT2D eigenvalue weighted by molar-refractivity contribution is -0.135. The van der Waals surface area contributed by atoms with E-state index in [1.54, 1.807) is 0 Å². The van der Waals surface area contributed by atoms with Gasteiger partial charge in [0.25, 0.3) is 0 Å². The molecular formula is C11H21N3O. The lowest BCUT2D eigenvalue weighted by Gasteiger charge is -2.35. The van der Waals surface area contributed by atoms with E-state index in [9.17, 15) is 4.79 Å². The summed E-state index contributed by atoms with van der Waals surface area (Å²) in [5.74, 6) is 0.308. The van der Waals surface area contributed by atoms with Gasteiger partial charge in [0.2, 0.25) is 5.91 Å². The number of carbonyl (C=O) groups is 1. The van der Waals surface area contributed by atoms with Gasteiger partial charge in [-0.15, -0.1) is 0 Å². The quantitative estimate of drug-likeness (QED) is 0.639. The van der Waals surface area contributed by atoms with Crippen molar-refractivity contribution in [2.75, 3.05) is 26.2 Å². The molecule has 2 saturated heterocycles. The molecule has 0 aromatic heterocycles. The Morgan fingerprint density at radius 3 is 2.80 bits per heavy atom. The third-order valence-electron chi connectivity index (χ3n) is 3.29. The van der Waals surface area contributed by atoms with Crippen LogP contribution in [0, 0.1) is 0 Å². The minimum Gasteiger partial charge on any atom is -0.339 e. The van der Waals surface area contributed by atoms with Gasteiger partial charge in [-0.05, 0) is 26.3 Å². The van der Waals surface area contributed by atoms with Gasteiger partial charge in [0.05, 0.1) is 6.04 Å². The Bertz CT molecular complexity index is 226. The first kappa shape index (κ1) is 10.9. The van der Waals surface area contributed by atoms with Gasteiger partial charge < -0.3 is 15.5 Å². The maximum absolute atomic E-state index is 12.1. The average molecular weight is 211 g/mol. The Morgan fingerprint density at radius 1 is 1.27 bits per heavy atom. The minimum atomic E-state index is 0.0871. The van der Waals surface area contributed by atoms with Crippen LogP contribution in [0.15, 0.2) is 0 Å². The molecule has 2 aliphatic rings. The van der Waals surface area contributed by atoms with E-state index in [4.69, 9.17) is 0 Å². The van der Waals surface area contributed by atoms with Gasteiger partial charge in [0.15, 0.2) is 0 Å². The highest BCUT2D eigenvalue weighted by molar-refractivity contribution is 5.82. The van der Waals surface area contributed by atoms with E-state index >= 15 is 0 Å². The summed E-state index contributed by atoms with van der Waals surface area (Å²) in [7, 11) is 0. The molecule has 0 aromatic carbocycles. The molecule has 2 aliphatic heterocycles. The zero-order valence-corrected chi connectivity index (χ0v) is 9.46. The second kappa shape index (κ2) is 4.94. The van der Waals surface area contributed by atoms with Crippen LogP contribution in [0.3, 0.4) is 0 Å². The van der Waals surface area contributed by atoms with Crippen LogP contribution in [-0.2, 0) is 4.79 Å². The van der Waals surface area contributed by atoms with Gasteiger partial charge in [-0.3, -0.25) is 4.79 Å². The summed E-state index contributed by atoms with van der Waals surface area (Å²) in [5.41, 5.74) is 0. The molecular weight excluding hydrogens is 190 g/mol. The molecule has 2 atom stereocenters. The topological polar surface area (TPSA) is 44.4 Å². The van der Waals surface area contributed by atoms with E-state index < -0.39 is 0 Å². The fraction of sp³-hybridized carbons (Fsp3) is 0.909. The number of rotatable bonds is 1. The van der Waals surface area contributed by atoms with Gasteiger partial charge in [0.1, 0.15) is 0 Å². The minimum absolute atomic E-state index is 0.0871. The lowest BCUT2D eigenvalue weighted by Crippen LogP contribution is -2.56. The van der Waals surface area contributed by atoms with E-state index in [1.807, 2.05) is 4.90 Å². The van der Waals surface area contributed by atoms with Crippen LogP contribution in [0.5, 0.6) is 0 Å². The highest BCUT2D eigenvalue weighted by Gasteiger charge is 2.27. The van der Waals surface area contributed by atoms with E-state index in [-0.39, 0.29) is 6.04 Å². The SMILES string of the molecule is C[C@@H]1CN(C(=O)C2CCCCN2)CCN1. The first-order valence-electron chi connectivity index (χ1n) is 6.03. The van der Waals surface area contributed by atoms with Crippen molar-refractivity contribution >= 4 is 5.91 Å². The molecule has 1 unspecified atom stereocenters. The Labute approximate surface area is 91.4 Å². The predicted molar refractivity (Wildman–Crippen MR) is 59.7 cm³/mol. The number of amides is 1. The van der Waals surface area contributed by atoms with Crippen LogP contribution >= 0.6 is 0 Å². The molecule has 2 fully saturated rings. The van der Waals surface area contributed by atoms with E-state index in [2.05, 4.69) is 17.6 Å². The number of nitrogens with zero attached hydrogens (tertiary/aromatic N) is 1. The third-order valence-corrected chi connectivity index (χ3v) is 3.29. The van der Waals surface area contributed by atoms with Crippen molar-refractivity contribution in [1.82, 2.24) is 15.5 Å². The molecule has 0 aromatic rings. The van der Waals surface area contributed by atoms with Crippen molar-refractivity contribution in [2.45, 2.75) is 38.3 Å². The molecule has 0 aliphatic carbocycles. The maximum atomic E-state index is 12.1. The number of hydrogen-bond donors (Lipinski definition) is 2. The highest BCUT2D eigenvalue weighted by Crippen LogP contribution is 2.11. The largest absolute Gasteiger partial charge is 0.339 e. The van der Waals surface area contributed by atoms with Crippen molar-refractivity contribution < 1.29 is 4.79 Å². The zero-order chi connectivity index (χ0) is 10.7. The van der Waals surface area contributed by atoms with Crippen LogP contribution in [-0.4, -0.2) is 49.1 Å². The van der Waals surface area contributed by atoms with Gasteiger partial charge in [0, 0.05) is 25.7 Å². The van der Waals surface area contributed by atoms with Crippen molar-refractivity contribution in [1.29, 1.82) is 0 Å². The summed E-state index contributed by atoms with van der Waals surface area (Å²) in [6, 6.07) is 0.523. The molecule has 2 heterocycles. The molecule has 4 heteroatoms. The smallest absolute Gasteiger partial charge is 0.239 e. The number of hydrogen-bond acceptors (Lipinski definition) is 3. The summed E-state index contributed by atoms with van der Waals surface area (Å²) in [5, 5.41) is 6.67. The van der Waals surface area contributed by atoms with Gasteiger partial charge >= 0.3 is 0 Å². The van der Waals surface area contributed by atoms with E-state index in [0.717, 1.165) is 32.6 Å². The average Bonchev–Trinajstić information content (AvgIpc) is 2.29. The molecule has 0 radical (unpaired) electrons. The van der Waals surface area contributed by atoms with Crippen molar-refractivity contribution in [3.05, 3.63) is 0 Å². The van der Waals surface area contributed by atoms with Crippen LogP contribution in [0.25, 0.3) is 0 Å². The standard InChI is InChI=1S/C11H21N3O/c1-9-8-14(7-6-12-9)11(15)10-4-2-3-5-13-10/h9-10,12-13H,2-8H2,1H3/t9-,10?/m1/s1. The number of piperidine rings is 1. The van der Waals surface area contributed by atoms with Gasteiger partial charge in [-0.2, -0.15) is 0 Å². The molecule has 2 rings (SSSR count). The van der Waals surface area contributed by atoms with Gasteiger partial charge in [-0.1, -0.05) is 6.42 Å². The Hall–Kier alpha value is -0.610. The Balaban J connectivity index is 1.88.